The maximum atomic E-state index is 5.86. The largest absolute Gasteiger partial charge is 0.494 e. The van der Waals surface area contributed by atoms with Crippen molar-refractivity contribution in [3.05, 3.63) is 72.3 Å². The maximum Gasteiger partial charge on any atom is 0.127 e. The van der Waals surface area contributed by atoms with Gasteiger partial charge in [-0.3, -0.25) is 0 Å². The fourth-order valence-electron chi connectivity index (χ4n) is 3.28. The van der Waals surface area contributed by atoms with Gasteiger partial charge in [0.1, 0.15) is 18.1 Å². The van der Waals surface area contributed by atoms with E-state index in [9.17, 15) is 0 Å². The molecule has 3 heteroatoms. The van der Waals surface area contributed by atoms with Gasteiger partial charge in [-0.1, -0.05) is 68.3 Å². The van der Waals surface area contributed by atoms with Crippen molar-refractivity contribution in [1.82, 2.24) is 0 Å². The highest BCUT2D eigenvalue weighted by atomic mass is 16.5. The van der Waals surface area contributed by atoms with Gasteiger partial charge < -0.3 is 15.2 Å². The van der Waals surface area contributed by atoms with Crippen molar-refractivity contribution < 1.29 is 9.47 Å². The summed E-state index contributed by atoms with van der Waals surface area (Å²) in [6.45, 7) is 6.07. The summed E-state index contributed by atoms with van der Waals surface area (Å²) in [5.74, 6) is 1.82. The lowest BCUT2D eigenvalue weighted by molar-refractivity contribution is 0.306. The summed E-state index contributed by atoms with van der Waals surface area (Å²) in [7, 11) is 0. The van der Waals surface area contributed by atoms with Gasteiger partial charge in [-0.2, -0.15) is 0 Å². The van der Waals surface area contributed by atoms with E-state index in [1.54, 1.807) is 0 Å². The van der Waals surface area contributed by atoms with E-state index < -0.39 is 0 Å². The van der Waals surface area contributed by atoms with Crippen LogP contribution in [0.25, 0.3) is 22.3 Å². The lowest BCUT2D eigenvalue weighted by Crippen LogP contribution is -2.11. The van der Waals surface area contributed by atoms with Crippen LogP contribution in [0.5, 0.6) is 11.5 Å². The summed E-state index contributed by atoms with van der Waals surface area (Å²) >= 11 is 0. The zero-order valence-corrected chi connectivity index (χ0v) is 17.5. The van der Waals surface area contributed by atoms with Crippen LogP contribution in [0.4, 0.5) is 0 Å². The second-order valence-corrected chi connectivity index (χ2v) is 7.29. The third kappa shape index (κ3) is 5.85. The molecule has 0 spiro atoms. The van der Waals surface area contributed by atoms with Crippen molar-refractivity contribution in [3.63, 3.8) is 0 Å². The molecule has 3 nitrogen and oxygen atoms in total. The second kappa shape index (κ2) is 10.7. The summed E-state index contributed by atoms with van der Waals surface area (Å²) in [4.78, 5) is 0. The maximum absolute atomic E-state index is 5.86. The predicted molar refractivity (Wildman–Crippen MR) is 122 cm³/mol. The summed E-state index contributed by atoms with van der Waals surface area (Å²) in [5.41, 5.74) is 11.4. The molecule has 0 aliphatic heterocycles. The quantitative estimate of drug-likeness (QED) is 0.418. The van der Waals surface area contributed by atoms with Gasteiger partial charge in [-0.05, 0) is 53.8 Å². The third-order valence-electron chi connectivity index (χ3n) is 4.91. The van der Waals surface area contributed by atoms with E-state index in [1.807, 2.05) is 12.1 Å². The second-order valence-electron chi connectivity index (χ2n) is 7.29. The molecule has 3 aromatic carbocycles. The molecule has 0 aliphatic rings. The Morgan fingerprint density at radius 2 is 1.38 bits per heavy atom. The van der Waals surface area contributed by atoms with Crippen LogP contribution in [-0.4, -0.2) is 19.8 Å². The van der Waals surface area contributed by atoms with E-state index in [0.29, 0.717) is 13.2 Å². The standard InChI is InChI=1S/C26H31NO2/c1-3-4-5-17-28-24-13-11-22(12-14-24)21-7-9-23(10-8-21)25-15-6-20(2)19-26(25)29-18-16-27/h6-15,19H,3-5,16-18,27H2,1-2H3. The Morgan fingerprint density at radius 3 is 2.03 bits per heavy atom. The summed E-state index contributed by atoms with van der Waals surface area (Å²) in [6.07, 6.45) is 3.53. The van der Waals surface area contributed by atoms with Crippen molar-refractivity contribution in [2.24, 2.45) is 5.73 Å². The molecular weight excluding hydrogens is 358 g/mol. The summed E-state index contributed by atoms with van der Waals surface area (Å²) < 4.78 is 11.7. The molecule has 2 N–H and O–H groups in total. The lowest BCUT2D eigenvalue weighted by atomic mass is 9.99. The Balaban J connectivity index is 1.72. The summed E-state index contributed by atoms with van der Waals surface area (Å²) in [6, 6.07) is 23.2. The highest BCUT2D eigenvalue weighted by Crippen LogP contribution is 2.33. The van der Waals surface area contributed by atoms with Gasteiger partial charge >= 0.3 is 0 Å². The first kappa shape index (κ1) is 20.9. The number of ether oxygens (including phenoxy) is 2. The van der Waals surface area contributed by atoms with Crippen LogP contribution in [-0.2, 0) is 0 Å². The van der Waals surface area contributed by atoms with Crippen LogP contribution in [0.2, 0.25) is 0 Å². The number of unbranched alkanes of at least 4 members (excludes halogenated alkanes) is 2. The lowest BCUT2D eigenvalue weighted by Gasteiger charge is -2.13. The molecule has 0 atom stereocenters. The number of nitrogens with two attached hydrogens (primary N) is 1. The van der Waals surface area contributed by atoms with Crippen LogP contribution in [0.15, 0.2) is 66.7 Å². The minimum absolute atomic E-state index is 0.505. The third-order valence-corrected chi connectivity index (χ3v) is 4.91. The Labute approximate surface area is 174 Å². The SMILES string of the molecule is CCCCCOc1ccc(-c2ccc(-c3ccc(C)cc3OCCN)cc2)cc1. The molecule has 0 aromatic heterocycles. The zero-order valence-electron chi connectivity index (χ0n) is 17.5. The van der Waals surface area contributed by atoms with Crippen molar-refractivity contribution in [1.29, 1.82) is 0 Å². The normalized spacial score (nSPS) is 10.7. The minimum atomic E-state index is 0.505. The number of hydrogen-bond acceptors (Lipinski definition) is 3. The van der Waals surface area contributed by atoms with E-state index in [-0.39, 0.29) is 0 Å². The van der Waals surface area contributed by atoms with Crippen LogP contribution in [0.3, 0.4) is 0 Å². The van der Waals surface area contributed by atoms with Gasteiger partial charge in [0.2, 0.25) is 0 Å². The first-order chi connectivity index (χ1) is 14.2. The van der Waals surface area contributed by atoms with Gasteiger partial charge in [0, 0.05) is 12.1 Å². The molecule has 0 unspecified atom stereocenters. The first-order valence-corrected chi connectivity index (χ1v) is 10.5. The molecule has 3 aromatic rings. The van der Waals surface area contributed by atoms with E-state index >= 15 is 0 Å². The fourth-order valence-corrected chi connectivity index (χ4v) is 3.28. The highest BCUT2D eigenvalue weighted by molar-refractivity contribution is 5.74. The van der Waals surface area contributed by atoms with Crippen LogP contribution >= 0.6 is 0 Å². The van der Waals surface area contributed by atoms with Gasteiger partial charge in [0.05, 0.1) is 6.61 Å². The number of aryl methyl sites for hydroxylation is 1. The molecule has 29 heavy (non-hydrogen) atoms. The molecule has 0 fully saturated rings. The zero-order chi connectivity index (χ0) is 20.5. The summed E-state index contributed by atoms with van der Waals surface area (Å²) in [5, 5.41) is 0. The molecule has 0 amide bonds. The Morgan fingerprint density at radius 1 is 0.724 bits per heavy atom. The molecule has 3 rings (SSSR count). The molecule has 0 heterocycles. The van der Waals surface area contributed by atoms with Crippen molar-refractivity contribution >= 4 is 0 Å². The van der Waals surface area contributed by atoms with Crippen molar-refractivity contribution in [3.8, 4) is 33.8 Å². The van der Waals surface area contributed by atoms with Gasteiger partial charge in [-0.15, -0.1) is 0 Å². The molecule has 0 saturated heterocycles. The monoisotopic (exact) mass is 389 g/mol. The minimum Gasteiger partial charge on any atom is -0.494 e. The van der Waals surface area contributed by atoms with Crippen LogP contribution in [0, 0.1) is 6.92 Å². The predicted octanol–water partition coefficient (Wildman–Crippen LogP) is 6.24. The van der Waals surface area contributed by atoms with Crippen LogP contribution < -0.4 is 15.2 Å². The van der Waals surface area contributed by atoms with E-state index in [0.717, 1.165) is 35.7 Å². The van der Waals surface area contributed by atoms with E-state index in [2.05, 4.69) is 68.4 Å². The van der Waals surface area contributed by atoms with Crippen LogP contribution in [0.1, 0.15) is 31.7 Å². The highest BCUT2D eigenvalue weighted by Gasteiger charge is 2.08. The number of hydrogen-bond donors (Lipinski definition) is 1. The molecule has 0 saturated carbocycles. The fraction of sp³-hybridized carbons (Fsp3) is 0.308. The molecular formula is C26H31NO2. The van der Waals surface area contributed by atoms with E-state index in [4.69, 9.17) is 15.2 Å². The van der Waals surface area contributed by atoms with Gasteiger partial charge in [-0.25, -0.2) is 0 Å². The first-order valence-electron chi connectivity index (χ1n) is 10.5. The Kier molecular flexibility index (Phi) is 7.71. The Hall–Kier alpha value is -2.78. The van der Waals surface area contributed by atoms with E-state index in [1.165, 1.54) is 29.5 Å². The topological polar surface area (TPSA) is 44.5 Å². The molecule has 0 aliphatic carbocycles. The Bertz CT molecular complexity index is 886. The van der Waals surface area contributed by atoms with Crippen molar-refractivity contribution in [2.75, 3.05) is 19.8 Å². The average Bonchev–Trinajstić information content (AvgIpc) is 2.76. The molecule has 0 bridgehead atoms. The van der Waals surface area contributed by atoms with Gasteiger partial charge in [0.15, 0.2) is 0 Å². The smallest absolute Gasteiger partial charge is 0.127 e. The molecule has 0 radical (unpaired) electrons. The molecule has 152 valence electrons. The number of benzene rings is 3. The van der Waals surface area contributed by atoms with Crippen molar-refractivity contribution in [2.45, 2.75) is 33.1 Å². The average molecular weight is 390 g/mol. The number of rotatable bonds is 10. The van der Waals surface area contributed by atoms with Gasteiger partial charge in [0.25, 0.3) is 0 Å².